The van der Waals surface area contributed by atoms with E-state index in [4.69, 9.17) is 4.74 Å². The number of methoxy groups -OCH3 is 1. The summed E-state index contributed by atoms with van der Waals surface area (Å²) < 4.78 is 32.9. The van der Waals surface area contributed by atoms with Gasteiger partial charge in [-0.15, -0.1) is 0 Å². The van der Waals surface area contributed by atoms with Crippen LogP contribution < -0.4 is 19.9 Å². The maximum absolute atomic E-state index is 14.1. The molecule has 33 heavy (non-hydrogen) atoms. The summed E-state index contributed by atoms with van der Waals surface area (Å²) in [5, 5.41) is 2.60. The van der Waals surface area contributed by atoms with E-state index in [-0.39, 0.29) is 18.5 Å². The number of amides is 3. The van der Waals surface area contributed by atoms with Crippen LogP contribution in [0, 0.1) is 11.6 Å². The maximum atomic E-state index is 14.1. The molecule has 0 aromatic heterocycles. The highest BCUT2D eigenvalue weighted by atomic mass is 19.1. The summed E-state index contributed by atoms with van der Waals surface area (Å²) in [4.78, 5) is 41.9. The maximum Gasteiger partial charge on any atom is 0.313 e. The summed E-state index contributed by atoms with van der Waals surface area (Å²) in [5.74, 6) is -3.57. The number of hydrogen-bond acceptors (Lipinski definition) is 5. The van der Waals surface area contributed by atoms with Crippen LogP contribution in [0.25, 0.3) is 0 Å². The number of nitrogens with zero attached hydrogens (tertiary/aromatic N) is 3. The Morgan fingerprint density at radius 2 is 1.82 bits per heavy atom. The molecule has 8 nitrogen and oxygen atoms in total. The molecule has 2 aromatic rings. The van der Waals surface area contributed by atoms with Crippen LogP contribution in [0.1, 0.15) is 12.5 Å². The van der Waals surface area contributed by atoms with Crippen LogP contribution >= 0.6 is 0 Å². The minimum atomic E-state index is -0.806. The van der Waals surface area contributed by atoms with E-state index < -0.39 is 29.2 Å². The van der Waals surface area contributed by atoms with Gasteiger partial charge < -0.3 is 24.8 Å². The van der Waals surface area contributed by atoms with E-state index in [0.717, 1.165) is 5.56 Å². The van der Waals surface area contributed by atoms with Crippen LogP contribution in [0.5, 0.6) is 5.75 Å². The predicted octanol–water partition coefficient (Wildman–Crippen LogP) is 2.17. The Morgan fingerprint density at radius 1 is 1.12 bits per heavy atom. The third-order valence-corrected chi connectivity index (χ3v) is 6.06. The Kier molecular flexibility index (Phi) is 5.92. The Morgan fingerprint density at radius 3 is 2.45 bits per heavy atom. The van der Waals surface area contributed by atoms with Crippen LogP contribution in [0.3, 0.4) is 0 Å². The molecule has 2 aliphatic rings. The number of carbonyl (C=O) groups excluding carboxylic acids is 3. The number of anilines is 3. The van der Waals surface area contributed by atoms with Gasteiger partial charge in [-0.1, -0.05) is 6.07 Å². The molecule has 174 valence electrons. The van der Waals surface area contributed by atoms with Crippen LogP contribution in [0.15, 0.2) is 30.3 Å². The highest BCUT2D eigenvalue weighted by molar-refractivity contribution is 6.39. The van der Waals surface area contributed by atoms with E-state index in [1.165, 1.54) is 29.0 Å². The first-order valence-corrected chi connectivity index (χ1v) is 10.5. The summed E-state index contributed by atoms with van der Waals surface area (Å²) >= 11 is 0. The van der Waals surface area contributed by atoms with Crippen LogP contribution in [-0.2, 0) is 20.8 Å². The number of ether oxygens (including phenoxy) is 1. The van der Waals surface area contributed by atoms with E-state index in [0.29, 0.717) is 36.6 Å². The van der Waals surface area contributed by atoms with Gasteiger partial charge >= 0.3 is 11.8 Å². The minimum absolute atomic E-state index is 0.0344. The Bertz CT molecular complexity index is 1120. The molecule has 0 unspecified atom stereocenters. The van der Waals surface area contributed by atoms with E-state index in [9.17, 15) is 23.2 Å². The second kappa shape index (κ2) is 8.68. The molecule has 4 rings (SSSR count). The standard InChI is InChI=1S/C23H24F2N4O4/c1-13-12-28(16-10-17(24)21(33-3)18(25)11-16)6-7-29(13)23(32)22(31)26-15-5-4-14-8-20(30)27(2)19(14)9-15/h4-5,9-11,13H,6-8,12H2,1-3H3,(H,26,31)/t13-/m1/s1. The van der Waals surface area contributed by atoms with Crippen molar-refractivity contribution >= 4 is 34.8 Å². The molecule has 2 heterocycles. The zero-order valence-electron chi connectivity index (χ0n) is 18.5. The largest absolute Gasteiger partial charge is 0.491 e. The van der Waals surface area contributed by atoms with Gasteiger partial charge in [-0.3, -0.25) is 14.4 Å². The number of nitrogens with one attached hydrogen (secondary N) is 1. The molecule has 3 amide bonds. The average Bonchev–Trinajstić information content (AvgIpc) is 3.06. The number of benzene rings is 2. The fourth-order valence-electron chi connectivity index (χ4n) is 4.25. The lowest BCUT2D eigenvalue weighted by molar-refractivity contribution is -0.144. The molecule has 0 saturated carbocycles. The molecular formula is C23H24F2N4O4. The van der Waals surface area contributed by atoms with Gasteiger partial charge in [0.2, 0.25) is 5.91 Å². The molecule has 0 spiro atoms. The fraction of sp³-hybridized carbons (Fsp3) is 0.348. The number of carbonyl (C=O) groups is 3. The number of likely N-dealkylation sites (N-methyl/N-ethyl adjacent to an activating group) is 1. The highest BCUT2D eigenvalue weighted by Crippen LogP contribution is 2.31. The summed E-state index contributed by atoms with van der Waals surface area (Å²) in [6.07, 6.45) is 0.308. The number of piperazine rings is 1. The normalized spacial score (nSPS) is 17.8. The monoisotopic (exact) mass is 458 g/mol. The molecule has 10 heteroatoms. The quantitative estimate of drug-likeness (QED) is 0.713. The highest BCUT2D eigenvalue weighted by Gasteiger charge is 2.32. The molecule has 1 fully saturated rings. The van der Waals surface area contributed by atoms with Gasteiger partial charge in [-0.05, 0) is 24.6 Å². The van der Waals surface area contributed by atoms with Gasteiger partial charge in [-0.25, -0.2) is 8.78 Å². The second-order valence-corrected chi connectivity index (χ2v) is 8.16. The molecular weight excluding hydrogens is 434 g/mol. The summed E-state index contributed by atoms with van der Waals surface area (Å²) in [6.45, 7) is 2.59. The van der Waals surface area contributed by atoms with E-state index in [2.05, 4.69) is 5.32 Å². The first-order chi connectivity index (χ1) is 15.7. The van der Waals surface area contributed by atoms with Gasteiger partial charge in [-0.2, -0.15) is 0 Å². The second-order valence-electron chi connectivity index (χ2n) is 8.16. The molecule has 0 radical (unpaired) electrons. The van der Waals surface area contributed by atoms with Gasteiger partial charge in [0.25, 0.3) is 0 Å². The molecule has 1 saturated heterocycles. The van der Waals surface area contributed by atoms with Gasteiger partial charge in [0, 0.05) is 61.9 Å². The molecule has 1 N–H and O–H groups in total. The smallest absolute Gasteiger partial charge is 0.313 e. The third kappa shape index (κ3) is 4.20. The van der Waals surface area contributed by atoms with Crippen LogP contribution in [0.4, 0.5) is 25.8 Å². The zero-order chi connectivity index (χ0) is 23.9. The number of halogens is 2. The van der Waals surface area contributed by atoms with E-state index in [1.807, 2.05) is 0 Å². The Balaban J connectivity index is 1.41. The summed E-state index contributed by atoms with van der Waals surface area (Å²) in [7, 11) is 2.85. The lowest BCUT2D eigenvalue weighted by atomic mass is 10.1. The Labute approximate surface area is 189 Å². The molecule has 0 aliphatic carbocycles. The number of fused-ring (bicyclic) bond motifs is 1. The van der Waals surface area contributed by atoms with Crippen molar-refractivity contribution in [2.24, 2.45) is 0 Å². The van der Waals surface area contributed by atoms with Crippen molar-refractivity contribution in [3.8, 4) is 5.75 Å². The SMILES string of the molecule is COc1c(F)cc(N2CCN(C(=O)C(=O)Nc3ccc4c(c3)N(C)C(=O)C4)[C@H](C)C2)cc1F. The average molecular weight is 458 g/mol. The van der Waals surface area contributed by atoms with Gasteiger partial charge in [0.05, 0.1) is 13.5 Å². The number of rotatable bonds is 3. The lowest BCUT2D eigenvalue weighted by Gasteiger charge is -2.40. The van der Waals surface area contributed by atoms with E-state index >= 15 is 0 Å². The van der Waals surface area contributed by atoms with Crippen molar-refractivity contribution in [3.05, 3.63) is 47.5 Å². The molecule has 2 aliphatic heterocycles. The van der Waals surface area contributed by atoms with Crippen molar-refractivity contribution in [1.82, 2.24) is 4.90 Å². The minimum Gasteiger partial charge on any atom is -0.491 e. The Hall–Kier alpha value is -3.69. The van der Waals surface area contributed by atoms with Crippen molar-refractivity contribution in [2.45, 2.75) is 19.4 Å². The lowest BCUT2D eigenvalue weighted by Crippen LogP contribution is -2.56. The molecule has 0 bridgehead atoms. The molecule has 1 atom stereocenters. The zero-order valence-corrected chi connectivity index (χ0v) is 18.5. The third-order valence-electron chi connectivity index (χ3n) is 6.06. The fourth-order valence-corrected chi connectivity index (χ4v) is 4.25. The van der Waals surface area contributed by atoms with Gasteiger partial charge in [0.1, 0.15) is 0 Å². The first kappa shape index (κ1) is 22.5. The van der Waals surface area contributed by atoms with Crippen molar-refractivity contribution < 1.29 is 27.9 Å². The van der Waals surface area contributed by atoms with E-state index in [1.54, 1.807) is 37.1 Å². The van der Waals surface area contributed by atoms with Crippen molar-refractivity contribution in [2.75, 3.05) is 48.9 Å². The number of hydrogen-bond donors (Lipinski definition) is 1. The first-order valence-electron chi connectivity index (χ1n) is 10.5. The summed E-state index contributed by atoms with van der Waals surface area (Å²) in [6, 6.07) is 7.09. The van der Waals surface area contributed by atoms with Gasteiger partial charge in [0.15, 0.2) is 17.4 Å². The van der Waals surface area contributed by atoms with Crippen LogP contribution in [-0.4, -0.2) is 62.5 Å². The topological polar surface area (TPSA) is 82.2 Å². The van der Waals surface area contributed by atoms with Crippen LogP contribution in [0.2, 0.25) is 0 Å². The van der Waals surface area contributed by atoms with Crippen molar-refractivity contribution in [3.63, 3.8) is 0 Å². The molecule has 2 aromatic carbocycles. The summed E-state index contributed by atoms with van der Waals surface area (Å²) in [5.41, 5.74) is 2.32. The predicted molar refractivity (Wildman–Crippen MR) is 118 cm³/mol. The van der Waals surface area contributed by atoms with Crippen molar-refractivity contribution in [1.29, 1.82) is 0 Å².